The monoisotopic (exact) mass is 301 g/mol. The molecule has 0 radical (unpaired) electrons. The molecule has 0 amide bonds. The SMILES string of the molecule is Cc1ccccc1C1(CNC2CC(C)OC2=O)CCCCC1. The van der Waals surface area contributed by atoms with Crippen molar-refractivity contribution in [2.45, 2.75) is 69.9 Å². The first-order chi connectivity index (χ1) is 10.6. The van der Waals surface area contributed by atoms with Crippen molar-refractivity contribution < 1.29 is 9.53 Å². The number of carbonyl (C=O) groups excluding carboxylic acids is 1. The Hall–Kier alpha value is -1.35. The van der Waals surface area contributed by atoms with Crippen molar-refractivity contribution in [2.75, 3.05) is 6.54 Å². The number of ether oxygens (including phenoxy) is 1. The normalized spacial score (nSPS) is 27.6. The van der Waals surface area contributed by atoms with Gasteiger partial charge in [-0.3, -0.25) is 4.79 Å². The number of nitrogens with one attached hydrogen (secondary N) is 1. The van der Waals surface area contributed by atoms with E-state index in [2.05, 4.69) is 36.5 Å². The molecule has 1 saturated carbocycles. The molecule has 3 heteroatoms. The van der Waals surface area contributed by atoms with E-state index < -0.39 is 0 Å². The molecule has 3 rings (SSSR count). The van der Waals surface area contributed by atoms with Crippen molar-refractivity contribution in [3.8, 4) is 0 Å². The first kappa shape index (κ1) is 15.5. The van der Waals surface area contributed by atoms with Crippen LogP contribution in [0.15, 0.2) is 24.3 Å². The summed E-state index contributed by atoms with van der Waals surface area (Å²) >= 11 is 0. The Kier molecular flexibility index (Phi) is 4.53. The zero-order valence-electron chi connectivity index (χ0n) is 13.7. The minimum Gasteiger partial charge on any atom is -0.461 e. The molecule has 2 fully saturated rings. The Bertz CT molecular complexity index is 534. The Morgan fingerprint density at radius 3 is 2.59 bits per heavy atom. The van der Waals surface area contributed by atoms with Gasteiger partial charge in [0.05, 0.1) is 0 Å². The van der Waals surface area contributed by atoms with Crippen LogP contribution in [0, 0.1) is 6.92 Å². The van der Waals surface area contributed by atoms with Crippen LogP contribution < -0.4 is 5.32 Å². The zero-order valence-corrected chi connectivity index (χ0v) is 13.7. The highest BCUT2D eigenvalue weighted by atomic mass is 16.6. The van der Waals surface area contributed by atoms with E-state index in [0.29, 0.717) is 0 Å². The summed E-state index contributed by atoms with van der Waals surface area (Å²) in [4.78, 5) is 11.9. The molecule has 120 valence electrons. The van der Waals surface area contributed by atoms with Gasteiger partial charge in [0.1, 0.15) is 12.1 Å². The standard InChI is InChI=1S/C19H27NO2/c1-14-8-4-5-9-16(14)19(10-6-3-7-11-19)13-20-17-12-15(2)22-18(17)21/h4-5,8-9,15,17,20H,3,6-7,10-13H2,1-2H3. The number of esters is 1. The average molecular weight is 301 g/mol. The van der Waals surface area contributed by atoms with E-state index in [1.54, 1.807) is 0 Å². The molecule has 2 atom stereocenters. The molecule has 22 heavy (non-hydrogen) atoms. The molecule has 0 bridgehead atoms. The topological polar surface area (TPSA) is 38.3 Å². The fraction of sp³-hybridized carbons (Fsp3) is 0.632. The van der Waals surface area contributed by atoms with Crippen molar-refractivity contribution in [3.05, 3.63) is 35.4 Å². The van der Waals surface area contributed by atoms with Crippen LogP contribution in [0.3, 0.4) is 0 Å². The Labute approximate surface area is 133 Å². The van der Waals surface area contributed by atoms with E-state index in [1.165, 1.54) is 43.2 Å². The van der Waals surface area contributed by atoms with E-state index in [4.69, 9.17) is 4.74 Å². The predicted octanol–water partition coefficient (Wildman–Crippen LogP) is 3.49. The summed E-state index contributed by atoms with van der Waals surface area (Å²) in [5.41, 5.74) is 3.01. The molecule has 0 spiro atoms. The minimum atomic E-state index is -0.127. The highest BCUT2D eigenvalue weighted by Gasteiger charge is 2.38. The lowest BCUT2D eigenvalue weighted by Gasteiger charge is -2.39. The molecule has 1 saturated heterocycles. The van der Waals surface area contributed by atoms with Crippen LogP contribution in [0.25, 0.3) is 0 Å². The second-order valence-corrected chi connectivity index (χ2v) is 7.07. The Morgan fingerprint density at radius 2 is 1.95 bits per heavy atom. The molecule has 1 aromatic carbocycles. The number of rotatable bonds is 4. The second kappa shape index (κ2) is 6.41. The third-order valence-electron chi connectivity index (χ3n) is 5.38. The van der Waals surface area contributed by atoms with Gasteiger partial charge in [0.15, 0.2) is 0 Å². The number of hydrogen-bond acceptors (Lipinski definition) is 3. The van der Waals surface area contributed by atoms with Crippen LogP contribution in [0.4, 0.5) is 0 Å². The van der Waals surface area contributed by atoms with Gasteiger partial charge in [0.2, 0.25) is 0 Å². The van der Waals surface area contributed by atoms with Gasteiger partial charge in [0.25, 0.3) is 0 Å². The lowest BCUT2D eigenvalue weighted by molar-refractivity contribution is -0.142. The van der Waals surface area contributed by atoms with Crippen LogP contribution in [0.5, 0.6) is 0 Å². The molecule has 1 N–H and O–H groups in total. The van der Waals surface area contributed by atoms with E-state index >= 15 is 0 Å². The number of hydrogen-bond donors (Lipinski definition) is 1. The number of carbonyl (C=O) groups is 1. The van der Waals surface area contributed by atoms with Gasteiger partial charge < -0.3 is 10.1 Å². The third kappa shape index (κ3) is 3.05. The maximum Gasteiger partial charge on any atom is 0.323 e. The largest absolute Gasteiger partial charge is 0.461 e. The predicted molar refractivity (Wildman–Crippen MR) is 87.9 cm³/mol. The lowest BCUT2D eigenvalue weighted by Crippen LogP contribution is -2.45. The first-order valence-corrected chi connectivity index (χ1v) is 8.61. The van der Waals surface area contributed by atoms with E-state index in [-0.39, 0.29) is 23.5 Å². The lowest BCUT2D eigenvalue weighted by atomic mass is 9.68. The van der Waals surface area contributed by atoms with Crippen LogP contribution in [-0.2, 0) is 14.9 Å². The van der Waals surface area contributed by atoms with E-state index in [9.17, 15) is 4.79 Å². The van der Waals surface area contributed by atoms with E-state index in [0.717, 1.165) is 13.0 Å². The van der Waals surface area contributed by atoms with Gasteiger partial charge in [-0.05, 0) is 37.8 Å². The molecule has 1 heterocycles. The zero-order chi connectivity index (χ0) is 15.6. The van der Waals surface area contributed by atoms with Gasteiger partial charge in [-0.25, -0.2) is 0 Å². The van der Waals surface area contributed by atoms with Gasteiger partial charge >= 0.3 is 5.97 Å². The fourth-order valence-electron chi connectivity index (χ4n) is 4.18. The molecule has 0 aromatic heterocycles. The van der Waals surface area contributed by atoms with Crippen LogP contribution in [0.2, 0.25) is 0 Å². The summed E-state index contributed by atoms with van der Waals surface area (Å²) in [6.45, 7) is 5.05. The maximum atomic E-state index is 11.9. The van der Waals surface area contributed by atoms with Gasteiger partial charge in [-0.2, -0.15) is 0 Å². The van der Waals surface area contributed by atoms with Crippen LogP contribution in [-0.4, -0.2) is 24.7 Å². The summed E-state index contributed by atoms with van der Waals surface area (Å²) in [6.07, 6.45) is 7.15. The molecule has 1 aliphatic heterocycles. The molecule has 1 aliphatic carbocycles. The summed E-state index contributed by atoms with van der Waals surface area (Å²) < 4.78 is 5.27. The minimum absolute atomic E-state index is 0.0470. The van der Waals surface area contributed by atoms with Gasteiger partial charge in [-0.1, -0.05) is 43.5 Å². The molecule has 3 nitrogen and oxygen atoms in total. The van der Waals surface area contributed by atoms with Crippen LogP contribution >= 0.6 is 0 Å². The molecule has 2 unspecified atom stereocenters. The molecular formula is C19H27NO2. The quantitative estimate of drug-likeness (QED) is 0.865. The summed E-state index contributed by atoms with van der Waals surface area (Å²) in [6, 6.07) is 8.61. The highest BCUT2D eigenvalue weighted by Crippen LogP contribution is 2.40. The molecular weight excluding hydrogens is 274 g/mol. The number of benzene rings is 1. The summed E-state index contributed by atoms with van der Waals surface area (Å²) in [7, 11) is 0. The fourth-order valence-corrected chi connectivity index (χ4v) is 4.18. The molecule has 1 aromatic rings. The van der Waals surface area contributed by atoms with Crippen molar-refractivity contribution in [2.24, 2.45) is 0 Å². The summed E-state index contributed by atoms with van der Waals surface area (Å²) in [5, 5.41) is 3.52. The molecule has 2 aliphatic rings. The maximum absolute atomic E-state index is 11.9. The van der Waals surface area contributed by atoms with Crippen molar-refractivity contribution in [1.82, 2.24) is 5.32 Å². The highest BCUT2D eigenvalue weighted by molar-refractivity contribution is 5.77. The van der Waals surface area contributed by atoms with E-state index in [1.807, 2.05) is 6.92 Å². The number of cyclic esters (lactones) is 1. The number of aryl methyl sites for hydroxylation is 1. The van der Waals surface area contributed by atoms with Crippen molar-refractivity contribution in [3.63, 3.8) is 0 Å². The Balaban J connectivity index is 1.78. The summed E-state index contributed by atoms with van der Waals surface area (Å²) in [5.74, 6) is -0.0803. The van der Waals surface area contributed by atoms with Gasteiger partial charge in [0, 0.05) is 18.4 Å². The second-order valence-electron chi connectivity index (χ2n) is 7.07. The first-order valence-electron chi connectivity index (χ1n) is 8.61. The third-order valence-corrected chi connectivity index (χ3v) is 5.38. The smallest absolute Gasteiger partial charge is 0.323 e. The average Bonchev–Trinajstić information content (AvgIpc) is 2.84. The van der Waals surface area contributed by atoms with Crippen molar-refractivity contribution >= 4 is 5.97 Å². The van der Waals surface area contributed by atoms with Gasteiger partial charge in [-0.15, -0.1) is 0 Å². The Morgan fingerprint density at radius 1 is 1.23 bits per heavy atom. The van der Waals surface area contributed by atoms with Crippen LogP contribution in [0.1, 0.15) is 56.6 Å². The van der Waals surface area contributed by atoms with Crippen molar-refractivity contribution in [1.29, 1.82) is 0 Å².